The van der Waals surface area contributed by atoms with Crippen LogP contribution in [0.4, 0.5) is 4.79 Å². The van der Waals surface area contributed by atoms with Crippen LogP contribution in [0.25, 0.3) is 0 Å². The van der Waals surface area contributed by atoms with Gasteiger partial charge >= 0.3 is 6.03 Å². The second kappa shape index (κ2) is 8.22. The lowest BCUT2D eigenvalue weighted by Gasteiger charge is -2.29. The highest BCUT2D eigenvalue weighted by Crippen LogP contribution is 2.23. The molecular formula is C15H24N4O2S. The number of carbonyl (C=O) groups is 2. The van der Waals surface area contributed by atoms with Crippen molar-refractivity contribution >= 4 is 23.7 Å². The van der Waals surface area contributed by atoms with E-state index in [1.165, 1.54) is 18.2 Å². The molecule has 1 aromatic rings. The normalized spacial score (nSPS) is 21.4. The van der Waals surface area contributed by atoms with E-state index in [9.17, 15) is 9.59 Å². The van der Waals surface area contributed by atoms with Gasteiger partial charge < -0.3 is 9.88 Å². The van der Waals surface area contributed by atoms with Gasteiger partial charge in [0.2, 0.25) is 5.91 Å². The number of hydrogen-bond donors (Lipinski definition) is 2. The SMILES string of the molecule is CCn1ccnc1SCC(=O)NC(=O)N[C@H]1CCCC[C@@H]1C. The molecule has 0 bridgehead atoms. The number of thioether (sulfide) groups is 1. The van der Waals surface area contributed by atoms with Crippen molar-refractivity contribution in [2.24, 2.45) is 5.92 Å². The van der Waals surface area contributed by atoms with E-state index < -0.39 is 0 Å². The van der Waals surface area contributed by atoms with Crippen molar-refractivity contribution in [1.82, 2.24) is 20.2 Å². The quantitative estimate of drug-likeness (QED) is 0.816. The zero-order chi connectivity index (χ0) is 15.9. The fourth-order valence-electron chi connectivity index (χ4n) is 2.70. The van der Waals surface area contributed by atoms with E-state index in [-0.39, 0.29) is 23.7 Å². The van der Waals surface area contributed by atoms with Crippen molar-refractivity contribution < 1.29 is 9.59 Å². The van der Waals surface area contributed by atoms with Crippen LogP contribution in [-0.2, 0) is 11.3 Å². The minimum absolute atomic E-state index is 0.174. The molecule has 2 rings (SSSR count). The lowest BCUT2D eigenvalue weighted by atomic mass is 9.86. The first kappa shape index (κ1) is 16.9. The molecule has 1 aliphatic carbocycles. The number of aromatic nitrogens is 2. The number of rotatable bonds is 5. The summed E-state index contributed by atoms with van der Waals surface area (Å²) in [5.41, 5.74) is 0. The predicted octanol–water partition coefficient (Wildman–Crippen LogP) is 2.40. The second-order valence-corrected chi connectivity index (χ2v) is 6.62. The summed E-state index contributed by atoms with van der Waals surface area (Å²) >= 11 is 1.33. The smallest absolute Gasteiger partial charge is 0.321 e. The molecule has 0 saturated heterocycles. The van der Waals surface area contributed by atoms with Crippen LogP contribution >= 0.6 is 11.8 Å². The maximum Gasteiger partial charge on any atom is 0.321 e. The minimum Gasteiger partial charge on any atom is -0.335 e. The first-order valence-corrected chi connectivity index (χ1v) is 8.83. The van der Waals surface area contributed by atoms with Gasteiger partial charge in [-0.2, -0.15) is 0 Å². The Bertz CT molecular complexity index is 517. The molecule has 0 spiro atoms. The second-order valence-electron chi connectivity index (χ2n) is 5.67. The van der Waals surface area contributed by atoms with Gasteiger partial charge in [0, 0.05) is 25.0 Å². The van der Waals surface area contributed by atoms with Gasteiger partial charge in [-0.1, -0.05) is 31.5 Å². The average Bonchev–Trinajstić information content (AvgIpc) is 2.95. The maximum atomic E-state index is 11.9. The number of nitrogens with one attached hydrogen (secondary N) is 2. The number of urea groups is 1. The van der Waals surface area contributed by atoms with Crippen molar-refractivity contribution in [3.63, 3.8) is 0 Å². The number of amides is 3. The van der Waals surface area contributed by atoms with Crippen molar-refractivity contribution in [1.29, 1.82) is 0 Å². The summed E-state index contributed by atoms with van der Waals surface area (Å²) in [6.45, 7) is 4.97. The highest BCUT2D eigenvalue weighted by atomic mass is 32.2. The fraction of sp³-hybridized carbons (Fsp3) is 0.667. The lowest BCUT2D eigenvalue weighted by molar-refractivity contribution is -0.117. The van der Waals surface area contributed by atoms with Crippen LogP contribution in [0.3, 0.4) is 0 Å². The van der Waals surface area contributed by atoms with Gasteiger partial charge in [-0.3, -0.25) is 10.1 Å². The van der Waals surface area contributed by atoms with Crippen molar-refractivity contribution in [2.45, 2.75) is 57.3 Å². The number of carbonyl (C=O) groups excluding carboxylic acids is 2. The number of imidazole rings is 1. The van der Waals surface area contributed by atoms with E-state index in [0.29, 0.717) is 5.92 Å². The molecule has 22 heavy (non-hydrogen) atoms. The summed E-state index contributed by atoms with van der Waals surface area (Å²) in [4.78, 5) is 27.9. The summed E-state index contributed by atoms with van der Waals surface area (Å²) in [6.07, 6.45) is 8.07. The van der Waals surface area contributed by atoms with E-state index in [2.05, 4.69) is 22.5 Å². The first-order chi connectivity index (χ1) is 10.6. The van der Waals surface area contributed by atoms with Crippen LogP contribution in [0, 0.1) is 5.92 Å². The van der Waals surface area contributed by atoms with Crippen LogP contribution in [0.5, 0.6) is 0 Å². The maximum absolute atomic E-state index is 11.9. The fourth-order valence-corrected chi connectivity index (χ4v) is 3.53. The van der Waals surface area contributed by atoms with Crippen LogP contribution in [0.1, 0.15) is 39.5 Å². The summed E-state index contributed by atoms with van der Waals surface area (Å²) in [5.74, 6) is 0.364. The molecule has 1 aliphatic rings. The summed E-state index contributed by atoms with van der Waals surface area (Å²) in [7, 11) is 0. The van der Waals surface area contributed by atoms with Crippen molar-refractivity contribution in [3.05, 3.63) is 12.4 Å². The van der Waals surface area contributed by atoms with Crippen LogP contribution in [0.15, 0.2) is 17.6 Å². The Hall–Kier alpha value is -1.50. The molecule has 1 saturated carbocycles. The van der Waals surface area contributed by atoms with E-state index in [1.807, 2.05) is 17.7 Å². The average molecular weight is 324 g/mol. The van der Waals surface area contributed by atoms with Crippen LogP contribution < -0.4 is 10.6 Å². The predicted molar refractivity (Wildman–Crippen MR) is 86.7 cm³/mol. The van der Waals surface area contributed by atoms with Gasteiger partial charge in [0.05, 0.1) is 5.75 Å². The first-order valence-electron chi connectivity index (χ1n) is 7.84. The lowest BCUT2D eigenvalue weighted by Crippen LogP contribution is -2.48. The minimum atomic E-state index is -0.386. The Morgan fingerprint density at radius 1 is 1.41 bits per heavy atom. The molecule has 3 amide bonds. The molecule has 7 heteroatoms. The highest BCUT2D eigenvalue weighted by molar-refractivity contribution is 7.99. The summed E-state index contributed by atoms with van der Waals surface area (Å²) < 4.78 is 1.96. The van der Waals surface area contributed by atoms with E-state index >= 15 is 0 Å². The molecule has 2 atom stereocenters. The van der Waals surface area contributed by atoms with Gasteiger partial charge in [0.1, 0.15) is 0 Å². The summed E-state index contributed by atoms with van der Waals surface area (Å²) in [5, 5.41) is 6.11. The summed E-state index contributed by atoms with van der Waals surface area (Å²) in [6, 6.07) is -0.212. The van der Waals surface area contributed by atoms with E-state index in [4.69, 9.17) is 0 Å². The van der Waals surface area contributed by atoms with Gasteiger partial charge in [-0.25, -0.2) is 9.78 Å². The van der Waals surface area contributed by atoms with E-state index in [0.717, 1.165) is 31.0 Å². The Morgan fingerprint density at radius 2 is 2.18 bits per heavy atom. The third-order valence-electron chi connectivity index (χ3n) is 4.03. The molecule has 122 valence electrons. The molecule has 2 N–H and O–H groups in total. The Morgan fingerprint density at radius 3 is 2.91 bits per heavy atom. The molecular weight excluding hydrogens is 300 g/mol. The van der Waals surface area contributed by atoms with Gasteiger partial charge in [-0.05, 0) is 25.7 Å². The Labute approximate surface area is 135 Å². The van der Waals surface area contributed by atoms with Crippen molar-refractivity contribution in [3.8, 4) is 0 Å². The van der Waals surface area contributed by atoms with Gasteiger partial charge in [0.15, 0.2) is 5.16 Å². The molecule has 0 unspecified atom stereocenters. The third-order valence-corrected chi connectivity index (χ3v) is 5.04. The van der Waals surface area contributed by atoms with Crippen molar-refractivity contribution in [2.75, 3.05) is 5.75 Å². The van der Waals surface area contributed by atoms with E-state index in [1.54, 1.807) is 6.20 Å². The standard InChI is InChI=1S/C15H24N4O2S/c1-3-19-9-8-16-15(19)22-10-13(20)18-14(21)17-12-7-5-4-6-11(12)2/h8-9,11-12H,3-7,10H2,1-2H3,(H2,17,18,20,21)/t11-,12-/m0/s1. The number of hydrogen-bond acceptors (Lipinski definition) is 4. The molecule has 1 heterocycles. The molecule has 6 nitrogen and oxygen atoms in total. The third kappa shape index (κ3) is 4.76. The highest BCUT2D eigenvalue weighted by Gasteiger charge is 2.23. The largest absolute Gasteiger partial charge is 0.335 e. The van der Waals surface area contributed by atoms with Crippen LogP contribution in [0.2, 0.25) is 0 Å². The zero-order valence-electron chi connectivity index (χ0n) is 13.2. The number of nitrogens with zero attached hydrogens (tertiary/aromatic N) is 2. The topological polar surface area (TPSA) is 76.0 Å². The number of aryl methyl sites for hydroxylation is 1. The van der Waals surface area contributed by atoms with Crippen LogP contribution in [-0.4, -0.2) is 33.3 Å². The molecule has 0 radical (unpaired) electrons. The zero-order valence-corrected chi connectivity index (χ0v) is 14.0. The monoisotopic (exact) mass is 324 g/mol. The Kier molecular flexibility index (Phi) is 6.30. The Balaban J connectivity index is 1.73. The molecule has 0 aliphatic heterocycles. The van der Waals surface area contributed by atoms with Gasteiger partial charge in [0.25, 0.3) is 0 Å². The van der Waals surface area contributed by atoms with Gasteiger partial charge in [-0.15, -0.1) is 0 Å². The molecule has 1 aromatic heterocycles. The number of imide groups is 1. The molecule has 0 aromatic carbocycles. The molecule has 1 fully saturated rings.